The minimum atomic E-state index is -5.16. The predicted molar refractivity (Wildman–Crippen MR) is 52.3 cm³/mol. The van der Waals surface area contributed by atoms with Crippen molar-refractivity contribution in [1.82, 2.24) is 5.32 Å². The van der Waals surface area contributed by atoms with Crippen LogP contribution in [-0.2, 0) is 14.3 Å². The highest BCUT2D eigenvalue weighted by molar-refractivity contribution is 5.89. The van der Waals surface area contributed by atoms with Gasteiger partial charge in [-0.15, -0.1) is 0 Å². The number of carbonyl (C=O) groups is 2. The summed E-state index contributed by atoms with van der Waals surface area (Å²) < 4.78 is 66.7. The van der Waals surface area contributed by atoms with E-state index in [1.807, 2.05) is 0 Å². The molecule has 0 aromatic rings. The van der Waals surface area contributed by atoms with E-state index in [1.165, 1.54) is 5.32 Å². The van der Waals surface area contributed by atoms with Crippen LogP contribution in [0.5, 0.6) is 0 Å². The van der Waals surface area contributed by atoms with Gasteiger partial charge in [-0.3, -0.25) is 4.79 Å². The highest BCUT2D eigenvalue weighted by Gasteiger charge is 2.43. The number of carbonyl (C=O) groups excluding carboxylic acids is 2. The first-order valence-electron chi connectivity index (χ1n) is 5.11. The Hall–Kier alpha value is -1.67. The SMILES string of the molecule is COC(=O)C1=CC(F)(F)C[C@@H](NC(=O)C(F)(F)F)C1. The van der Waals surface area contributed by atoms with Gasteiger partial charge in [0.2, 0.25) is 0 Å². The molecule has 0 saturated heterocycles. The first-order chi connectivity index (χ1) is 8.55. The predicted octanol–water partition coefficient (Wildman–Crippen LogP) is 1.56. The van der Waals surface area contributed by atoms with Gasteiger partial charge in [-0.25, -0.2) is 13.6 Å². The van der Waals surface area contributed by atoms with Gasteiger partial charge in [-0.05, 0) is 12.5 Å². The van der Waals surface area contributed by atoms with Crippen LogP contribution in [0, 0.1) is 0 Å². The molecule has 0 aromatic carbocycles. The molecule has 0 bridgehead atoms. The molecule has 1 rings (SSSR count). The molecule has 9 heteroatoms. The number of rotatable bonds is 2. The van der Waals surface area contributed by atoms with Gasteiger partial charge in [-0.1, -0.05) is 0 Å². The van der Waals surface area contributed by atoms with Crippen molar-refractivity contribution in [2.24, 2.45) is 0 Å². The first kappa shape index (κ1) is 15.4. The van der Waals surface area contributed by atoms with Crippen LogP contribution in [0.2, 0.25) is 0 Å². The van der Waals surface area contributed by atoms with Crippen LogP contribution in [0.4, 0.5) is 22.0 Å². The molecule has 1 N–H and O–H groups in total. The molecular weight excluding hydrogens is 277 g/mol. The number of ether oxygens (including phenoxy) is 1. The number of allylic oxidation sites excluding steroid dienone is 1. The zero-order valence-electron chi connectivity index (χ0n) is 9.68. The molecule has 1 amide bonds. The van der Waals surface area contributed by atoms with Crippen molar-refractivity contribution in [2.45, 2.75) is 31.0 Å². The fourth-order valence-corrected chi connectivity index (χ4v) is 1.68. The van der Waals surface area contributed by atoms with Gasteiger partial charge in [0, 0.05) is 18.0 Å². The van der Waals surface area contributed by atoms with Gasteiger partial charge in [0.05, 0.1) is 7.11 Å². The maximum atomic E-state index is 13.2. The van der Waals surface area contributed by atoms with Crippen LogP contribution in [0.1, 0.15) is 12.8 Å². The summed E-state index contributed by atoms with van der Waals surface area (Å²) in [5.41, 5.74) is -0.466. The Kier molecular flexibility index (Phi) is 4.16. The summed E-state index contributed by atoms with van der Waals surface area (Å²) in [6.07, 6.45) is -6.27. The summed E-state index contributed by atoms with van der Waals surface area (Å²) in [5, 5.41) is 1.43. The van der Waals surface area contributed by atoms with Crippen molar-refractivity contribution in [1.29, 1.82) is 0 Å². The minimum Gasteiger partial charge on any atom is -0.466 e. The Morgan fingerprint density at radius 1 is 1.42 bits per heavy atom. The van der Waals surface area contributed by atoms with Gasteiger partial charge in [0.15, 0.2) is 0 Å². The number of hydrogen-bond acceptors (Lipinski definition) is 3. The first-order valence-corrected chi connectivity index (χ1v) is 5.11. The zero-order valence-corrected chi connectivity index (χ0v) is 9.68. The van der Waals surface area contributed by atoms with Gasteiger partial charge < -0.3 is 10.1 Å². The van der Waals surface area contributed by atoms with Crippen LogP contribution in [0.3, 0.4) is 0 Å². The van der Waals surface area contributed by atoms with E-state index in [-0.39, 0.29) is 0 Å². The number of hydrogen-bond donors (Lipinski definition) is 1. The Bertz CT molecular complexity index is 416. The van der Waals surface area contributed by atoms with Crippen LogP contribution in [0.15, 0.2) is 11.6 Å². The molecule has 0 radical (unpaired) electrons. The molecule has 108 valence electrons. The lowest BCUT2D eigenvalue weighted by Gasteiger charge is -2.28. The maximum Gasteiger partial charge on any atom is 0.471 e. The van der Waals surface area contributed by atoms with E-state index < -0.39 is 48.4 Å². The van der Waals surface area contributed by atoms with Crippen molar-refractivity contribution in [2.75, 3.05) is 7.11 Å². The van der Waals surface area contributed by atoms with Crippen LogP contribution in [0.25, 0.3) is 0 Å². The molecule has 1 atom stereocenters. The van der Waals surface area contributed by atoms with Crippen LogP contribution in [-0.4, -0.2) is 37.1 Å². The third kappa shape index (κ3) is 4.18. The standard InChI is InChI=1S/C10H10F5NO3/c1-19-7(17)5-2-6(4-9(11,12)3-5)16-8(18)10(13,14)15/h3,6H,2,4H2,1H3,(H,16,18)/t6-/m0/s1. The summed E-state index contributed by atoms with van der Waals surface area (Å²) in [6.45, 7) is 0. The lowest BCUT2D eigenvalue weighted by atomic mass is 9.92. The number of alkyl halides is 5. The van der Waals surface area contributed by atoms with Gasteiger partial charge in [-0.2, -0.15) is 13.2 Å². The Morgan fingerprint density at radius 2 is 2.00 bits per heavy atom. The Labute approximate surface area is 104 Å². The average molecular weight is 287 g/mol. The monoisotopic (exact) mass is 287 g/mol. The summed E-state index contributed by atoms with van der Waals surface area (Å²) in [4.78, 5) is 21.8. The topological polar surface area (TPSA) is 55.4 Å². The molecule has 0 unspecified atom stereocenters. The maximum absolute atomic E-state index is 13.2. The van der Waals surface area contributed by atoms with E-state index in [0.717, 1.165) is 7.11 Å². The fraction of sp³-hybridized carbons (Fsp3) is 0.600. The molecule has 1 aliphatic rings. The lowest BCUT2D eigenvalue weighted by molar-refractivity contribution is -0.174. The lowest BCUT2D eigenvalue weighted by Crippen LogP contribution is -2.47. The average Bonchev–Trinajstić information content (AvgIpc) is 2.24. The molecule has 0 saturated carbocycles. The summed E-state index contributed by atoms with van der Waals surface area (Å²) in [6, 6.07) is -1.48. The van der Waals surface area contributed by atoms with Crippen molar-refractivity contribution in [3.63, 3.8) is 0 Å². The highest BCUT2D eigenvalue weighted by Crippen LogP contribution is 2.32. The number of halogens is 5. The normalized spacial score (nSPS) is 22.4. The number of esters is 1. The van der Waals surface area contributed by atoms with Crippen LogP contribution >= 0.6 is 0 Å². The van der Waals surface area contributed by atoms with E-state index in [0.29, 0.717) is 6.08 Å². The van der Waals surface area contributed by atoms with Crippen molar-refractivity contribution >= 4 is 11.9 Å². The second-order valence-corrected chi connectivity index (χ2v) is 4.00. The minimum absolute atomic E-state index is 0.342. The van der Waals surface area contributed by atoms with Crippen LogP contribution < -0.4 is 5.32 Å². The molecule has 0 aliphatic heterocycles. The molecule has 0 spiro atoms. The second-order valence-electron chi connectivity index (χ2n) is 4.00. The third-order valence-corrected chi connectivity index (χ3v) is 2.41. The zero-order chi connectivity index (χ0) is 14.8. The summed E-state index contributed by atoms with van der Waals surface area (Å²) in [5.74, 6) is -6.87. The number of nitrogens with one attached hydrogen (secondary N) is 1. The molecule has 1 aliphatic carbocycles. The fourth-order valence-electron chi connectivity index (χ4n) is 1.68. The van der Waals surface area contributed by atoms with Gasteiger partial charge in [0.1, 0.15) is 0 Å². The molecule has 19 heavy (non-hydrogen) atoms. The second kappa shape index (κ2) is 5.14. The van der Waals surface area contributed by atoms with E-state index in [1.54, 1.807) is 0 Å². The number of amides is 1. The quantitative estimate of drug-likeness (QED) is 0.619. The molecule has 0 fully saturated rings. The Morgan fingerprint density at radius 3 is 2.47 bits per heavy atom. The van der Waals surface area contributed by atoms with Gasteiger partial charge in [0.25, 0.3) is 5.92 Å². The molecule has 0 aromatic heterocycles. The smallest absolute Gasteiger partial charge is 0.466 e. The van der Waals surface area contributed by atoms with Crippen molar-refractivity contribution < 1.29 is 36.3 Å². The molecule has 4 nitrogen and oxygen atoms in total. The number of methoxy groups -OCH3 is 1. The Balaban J connectivity index is 2.82. The van der Waals surface area contributed by atoms with E-state index in [2.05, 4.69) is 4.74 Å². The molecule has 0 heterocycles. The molecular formula is C10H10F5NO3. The summed E-state index contributed by atoms with van der Waals surface area (Å²) in [7, 11) is 0.958. The van der Waals surface area contributed by atoms with Crippen molar-refractivity contribution in [3.05, 3.63) is 11.6 Å². The van der Waals surface area contributed by atoms with Crippen molar-refractivity contribution in [3.8, 4) is 0 Å². The van der Waals surface area contributed by atoms with Gasteiger partial charge >= 0.3 is 18.1 Å². The summed E-state index contributed by atoms with van der Waals surface area (Å²) >= 11 is 0. The van der Waals surface area contributed by atoms with E-state index in [4.69, 9.17) is 0 Å². The third-order valence-electron chi connectivity index (χ3n) is 2.41. The van der Waals surface area contributed by atoms with E-state index >= 15 is 0 Å². The highest BCUT2D eigenvalue weighted by atomic mass is 19.4. The largest absolute Gasteiger partial charge is 0.471 e. The van der Waals surface area contributed by atoms with E-state index in [9.17, 15) is 31.5 Å².